The van der Waals surface area contributed by atoms with Gasteiger partial charge in [0.25, 0.3) is 5.91 Å². The van der Waals surface area contributed by atoms with Crippen LogP contribution in [-0.2, 0) is 24.2 Å². The molecule has 2 amide bonds. The molecule has 2 aromatic carbocycles. The number of rotatable bonds is 2. The lowest BCUT2D eigenvalue weighted by atomic mass is 9.99. The van der Waals surface area contributed by atoms with Gasteiger partial charge >= 0.3 is 0 Å². The minimum Gasteiger partial charge on any atom is -0.326 e. The molecular weight excluding hydrogens is 357 g/mol. The summed E-state index contributed by atoms with van der Waals surface area (Å²) in [6.45, 7) is 1.72. The van der Waals surface area contributed by atoms with E-state index in [-0.39, 0.29) is 23.9 Å². The summed E-state index contributed by atoms with van der Waals surface area (Å²) >= 11 is 0. The van der Waals surface area contributed by atoms with E-state index in [0.717, 1.165) is 30.6 Å². The lowest BCUT2D eigenvalue weighted by Gasteiger charge is -2.19. The van der Waals surface area contributed by atoms with E-state index >= 15 is 0 Å². The number of carbonyl (C=O) groups is 2. The molecule has 0 fully saturated rings. The third kappa shape index (κ3) is 3.57. The highest BCUT2D eigenvalue weighted by Gasteiger charge is 2.21. The first kappa shape index (κ1) is 18.4. The fourth-order valence-corrected chi connectivity index (χ4v) is 3.33. The first-order chi connectivity index (χ1) is 12.1. The number of halogens is 2. The van der Waals surface area contributed by atoms with Crippen molar-refractivity contribution in [3.8, 4) is 0 Å². The average Bonchev–Trinajstić information content (AvgIpc) is 2.61. The summed E-state index contributed by atoms with van der Waals surface area (Å²) in [5.74, 6) is -1.26. The van der Waals surface area contributed by atoms with Crippen molar-refractivity contribution in [2.75, 3.05) is 17.2 Å². The minimum absolute atomic E-state index is 0. The Morgan fingerprint density at radius 2 is 1.88 bits per heavy atom. The molecular formula is C19H19ClFN3O2. The van der Waals surface area contributed by atoms with Crippen molar-refractivity contribution >= 4 is 35.6 Å². The van der Waals surface area contributed by atoms with Gasteiger partial charge in [0.15, 0.2) is 0 Å². The van der Waals surface area contributed by atoms with E-state index in [9.17, 15) is 14.0 Å². The van der Waals surface area contributed by atoms with Gasteiger partial charge in [0.1, 0.15) is 5.82 Å². The fraction of sp³-hybridized carbons (Fsp3) is 0.263. The molecule has 136 valence electrons. The first-order valence-electron chi connectivity index (χ1n) is 8.36. The molecule has 2 heterocycles. The molecule has 2 aliphatic heterocycles. The monoisotopic (exact) mass is 375 g/mol. The van der Waals surface area contributed by atoms with Crippen molar-refractivity contribution in [1.82, 2.24) is 5.32 Å². The smallest absolute Gasteiger partial charge is 0.258 e. The topological polar surface area (TPSA) is 70.2 Å². The van der Waals surface area contributed by atoms with E-state index in [0.29, 0.717) is 24.2 Å². The molecule has 0 bridgehead atoms. The standard InChI is InChI=1S/C19H18FN3O2.ClH/c20-16-9-17-12(2-4-18(24)23-17)8-15(16)19(25)22-14-3-1-11-5-6-21-10-13(11)7-14;/h1,3,7-9,21H,2,4-6,10H2,(H,22,25)(H,23,24);1H. The Bertz CT molecular complexity index is 885. The molecule has 7 heteroatoms. The second-order valence-corrected chi connectivity index (χ2v) is 6.40. The number of amides is 2. The molecule has 0 atom stereocenters. The molecule has 26 heavy (non-hydrogen) atoms. The zero-order valence-corrected chi connectivity index (χ0v) is 14.8. The number of fused-ring (bicyclic) bond motifs is 2. The number of carbonyl (C=O) groups excluding carboxylic acids is 2. The van der Waals surface area contributed by atoms with Crippen LogP contribution in [0, 0.1) is 5.82 Å². The molecule has 3 N–H and O–H groups in total. The molecule has 0 saturated carbocycles. The van der Waals surface area contributed by atoms with Gasteiger partial charge in [0.05, 0.1) is 5.56 Å². The lowest BCUT2D eigenvalue weighted by molar-refractivity contribution is -0.116. The van der Waals surface area contributed by atoms with E-state index in [1.54, 1.807) is 0 Å². The van der Waals surface area contributed by atoms with Gasteiger partial charge in [-0.2, -0.15) is 0 Å². The largest absolute Gasteiger partial charge is 0.326 e. The quantitative estimate of drug-likeness (QED) is 0.755. The zero-order chi connectivity index (χ0) is 17.4. The van der Waals surface area contributed by atoms with Crippen LogP contribution in [0.4, 0.5) is 15.8 Å². The van der Waals surface area contributed by atoms with Gasteiger partial charge in [0, 0.05) is 24.3 Å². The van der Waals surface area contributed by atoms with Crippen LogP contribution in [0.3, 0.4) is 0 Å². The molecule has 2 aromatic rings. The van der Waals surface area contributed by atoms with Crippen molar-refractivity contribution in [3.63, 3.8) is 0 Å². The summed E-state index contributed by atoms with van der Waals surface area (Å²) in [5.41, 5.74) is 4.29. The maximum atomic E-state index is 14.3. The fourth-order valence-electron chi connectivity index (χ4n) is 3.33. The van der Waals surface area contributed by atoms with Crippen LogP contribution in [-0.4, -0.2) is 18.4 Å². The molecule has 0 unspecified atom stereocenters. The number of nitrogens with one attached hydrogen (secondary N) is 3. The molecule has 0 radical (unpaired) electrons. The predicted molar refractivity (Wildman–Crippen MR) is 100 cm³/mol. The number of anilines is 2. The van der Waals surface area contributed by atoms with Gasteiger partial charge in [-0.25, -0.2) is 4.39 Å². The second-order valence-electron chi connectivity index (χ2n) is 6.40. The van der Waals surface area contributed by atoms with Crippen LogP contribution in [0.5, 0.6) is 0 Å². The van der Waals surface area contributed by atoms with Crippen LogP contribution >= 0.6 is 12.4 Å². The van der Waals surface area contributed by atoms with Crippen LogP contribution in [0.1, 0.15) is 33.5 Å². The SMILES string of the molecule is Cl.O=C1CCc2cc(C(=O)Nc3ccc4c(c3)CNCC4)c(F)cc2N1. The molecule has 5 nitrogen and oxygen atoms in total. The van der Waals surface area contributed by atoms with Crippen LogP contribution in [0.15, 0.2) is 30.3 Å². The number of hydrogen-bond acceptors (Lipinski definition) is 3. The minimum atomic E-state index is -0.641. The normalized spacial score (nSPS) is 15.2. The summed E-state index contributed by atoms with van der Waals surface area (Å²) in [6, 6.07) is 8.52. The molecule has 4 rings (SSSR count). The summed E-state index contributed by atoms with van der Waals surface area (Å²) in [4.78, 5) is 23.9. The molecule has 0 aliphatic carbocycles. The van der Waals surface area contributed by atoms with Crippen molar-refractivity contribution in [3.05, 3.63) is 58.4 Å². The Labute approximate surface area is 156 Å². The second kappa shape index (κ2) is 7.43. The molecule has 0 spiro atoms. The third-order valence-corrected chi connectivity index (χ3v) is 4.68. The highest BCUT2D eigenvalue weighted by molar-refractivity contribution is 6.05. The molecule has 0 aromatic heterocycles. The van der Waals surface area contributed by atoms with Crippen molar-refractivity contribution in [1.29, 1.82) is 0 Å². The number of benzene rings is 2. The molecule has 0 saturated heterocycles. The zero-order valence-electron chi connectivity index (χ0n) is 14.0. The van der Waals surface area contributed by atoms with E-state index in [2.05, 4.69) is 16.0 Å². The Kier molecular flexibility index (Phi) is 5.25. The van der Waals surface area contributed by atoms with E-state index in [4.69, 9.17) is 0 Å². The Hall–Kier alpha value is -2.44. The Morgan fingerprint density at radius 1 is 1.04 bits per heavy atom. The van der Waals surface area contributed by atoms with E-state index < -0.39 is 11.7 Å². The van der Waals surface area contributed by atoms with Gasteiger partial charge in [-0.15, -0.1) is 12.4 Å². The van der Waals surface area contributed by atoms with Crippen LogP contribution < -0.4 is 16.0 Å². The summed E-state index contributed by atoms with van der Waals surface area (Å²) in [5, 5.41) is 8.70. The van der Waals surface area contributed by atoms with Crippen LogP contribution in [0.2, 0.25) is 0 Å². The number of hydrogen-bond donors (Lipinski definition) is 3. The van der Waals surface area contributed by atoms with E-state index in [1.165, 1.54) is 17.7 Å². The van der Waals surface area contributed by atoms with Crippen LogP contribution in [0.25, 0.3) is 0 Å². The average molecular weight is 376 g/mol. The Balaban J connectivity index is 0.00000196. The maximum Gasteiger partial charge on any atom is 0.258 e. The van der Waals surface area contributed by atoms with Crippen molar-refractivity contribution in [2.45, 2.75) is 25.8 Å². The van der Waals surface area contributed by atoms with E-state index in [1.807, 2.05) is 18.2 Å². The predicted octanol–water partition coefficient (Wildman–Crippen LogP) is 3.03. The van der Waals surface area contributed by atoms with Gasteiger partial charge in [-0.3, -0.25) is 9.59 Å². The van der Waals surface area contributed by atoms with Gasteiger partial charge in [-0.05, 0) is 60.3 Å². The maximum absolute atomic E-state index is 14.3. The van der Waals surface area contributed by atoms with Gasteiger partial charge < -0.3 is 16.0 Å². The summed E-state index contributed by atoms with van der Waals surface area (Å²) in [6.07, 6.45) is 1.82. The number of aryl methyl sites for hydroxylation is 1. The summed E-state index contributed by atoms with van der Waals surface area (Å²) < 4.78 is 14.3. The third-order valence-electron chi connectivity index (χ3n) is 4.68. The van der Waals surface area contributed by atoms with Crippen molar-refractivity contribution in [2.24, 2.45) is 0 Å². The molecule has 2 aliphatic rings. The van der Waals surface area contributed by atoms with Crippen molar-refractivity contribution < 1.29 is 14.0 Å². The van der Waals surface area contributed by atoms with Gasteiger partial charge in [0.2, 0.25) is 5.91 Å². The highest BCUT2D eigenvalue weighted by atomic mass is 35.5. The summed E-state index contributed by atoms with van der Waals surface area (Å²) in [7, 11) is 0. The van der Waals surface area contributed by atoms with Gasteiger partial charge in [-0.1, -0.05) is 6.07 Å². The Morgan fingerprint density at radius 3 is 2.73 bits per heavy atom. The first-order valence-corrected chi connectivity index (χ1v) is 8.36. The lowest BCUT2D eigenvalue weighted by Crippen LogP contribution is -2.24. The highest BCUT2D eigenvalue weighted by Crippen LogP contribution is 2.27.